The van der Waals surface area contributed by atoms with Gasteiger partial charge >= 0.3 is 6.61 Å². The first-order chi connectivity index (χ1) is 11.4. The molecule has 0 aromatic heterocycles. The number of hydrogen-bond acceptors (Lipinski definition) is 4. The summed E-state index contributed by atoms with van der Waals surface area (Å²) in [5.41, 5.74) is 7.42. The van der Waals surface area contributed by atoms with Crippen molar-refractivity contribution in [3.05, 3.63) is 63.6 Å². The lowest BCUT2D eigenvalue weighted by molar-refractivity contribution is -0.0498. The summed E-state index contributed by atoms with van der Waals surface area (Å²) >= 11 is 3.45. The van der Waals surface area contributed by atoms with Crippen LogP contribution in [0.5, 0.6) is 5.75 Å². The zero-order valence-corrected chi connectivity index (χ0v) is 14.4. The van der Waals surface area contributed by atoms with Crippen LogP contribution in [0.2, 0.25) is 0 Å². The predicted molar refractivity (Wildman–Crippen MR) is 90.3 cm³/mol. The van der Waals surface area contributed by atoms with Gasteiger partial charge in [-0.1, -0.05) is 34.1 Å². The Labute approximate surface area is 146 Å². The van der Waals surface area contributed by atoms with Crippen molar-refractivity contribution in [1.82, 2.24) is 0 Å². The van der Waals surface area contributed by atoms with E-state index in [0.717, 1.165) is 21.2 Å². The van der Waals surface area contributed by atoms with Crippen molar-refractivity contribution >= 4 is 22.0 Å². The number of ether oxygens (including phenoxy) is 2. The fourth-order valence-electron chi connectivity index (χ4n) is 2.89. The molecule has 1 aliphatic heterocycles. The van der Waals surface area contributed by atoms with E-state index >= 15 is 0 Å². The molecule has 0 saturated carbocycles. The number of benzene rings is 2. The number of nitrogens with two attached hydrogens (primary N) is 1. The predicted octanol–water partition coefficient (Wildman–Crippen LogP) is 3.95. The maximum absolute atomic E-state index is 12.4. The third-order valence-electron chi connectivity index (χ3n) is 3.90. The smallest absolute Gasteiger partial charge is 0.387 e. The third kappa shape index (κ3) is 3.08. The van der Waals surface area contributed by atoms with E-state index in [-0.39, 0.29) is 18.4 Å². The van der Waals surface area contributed by atoms with Crippen molar-refractivity contribution in [1.29, 1.82) is 0 Å². The van der Waals surface area contributed by atoms with Gasteiger partial charge in [-0.3, -0.25) is 0 Å². The number of hydrogen-bond donors (Lipinski definition) is 1. The highest BCUT2D eigenvalue weighted by atomic mass is 79.9. The highest BCUT2D eigenvalue weighted by Crippen LogP contribution is 2.40. The monoisotopic (exact) mass is 396 g/mol. The molecule has 1 atom stereocenters. The Morgan fingerprint density at radius 2 is 2.08 bits per heavy atom. The Morgan fingerprint density at radius 1 is 1.29 bits per heavy atom. The second-order valence-electron chi connectivity index (χ2n) is 5.46. The SMILES string of the molecule is Cc1cc(OC(F)F)ccc1C1(c2cccc(Br)c2)COC(N)=N1. The van der Waals surface area contributed by atoms with E-state index in [2.05, 4.69) is 25.7 Å². The summed E-state index contributed by atoms with van der Waals surface area (Å²) in [6.07, 6.45) is 0. The molecule has 7 heteroatoms. The van der Waals surface area contributed by atoms with Crippen LogP contribution in [0.3, 0.4) is 0 Å². The lowest BCUT2D eigenvalue weighted by Gasteiger charge is -2.27. The van der Waals surface area contributed by atoms with E-state index < -0.39 is 12.2 Å². The van der Waals surface area contributed by atoms with Crippen LogP contribution in [0.25, 0.3) is 0 Å². The first kappa shape index (κ1) is 16.7. The van der Waals surface area contributed by atoms with Crippen molar-refractivity contribution in [2.45, 2.75) is 19.1 Å². The molecule has 2 aromatic rings. The minimum absolute atomic E-state index is 0.0993. The van der Waals surface area contributed by atoms with Gasteiger partial charge < -0.3 is 15.2 Å². The van der Waals surface area contributed by atoms with E-state index in [1.807, 2.05) is 31.2 Å². The van der Waals surface area contributed by atoms with Crippen LogP contribution in [-0.4, -0.2) is 19.2 Å². The number of aliphatic imine (C=N–C) groups is 1. The van der Waals surface area contributed by atoms with Gasteiger partial charge in [0.05, 0.1) is 0 Å². The number of halogens is 3. The molecule has 3 rings (SSSR count). The molecule has 1 aliphatic rings. The fraction of sp³-hybridized carbons (Fsp3) is 0.235. The molecule has 24 heavy (non-hydrogen) atoms. The molecular formula is C17H15BrF2N2O2. The Hall–Kier alpha value is -2.15. The van der Waals surface area contributed by atoms with Gasteiger partial charge in [0.25, 0.3) is 6.02 Å². The van der Waals surface area contributed by atoms with Gasteiger partial charge in [-0.05, 0) is 47.9 Å². The number of rotatable bonds is 4. The molecule has 2 aromatic carbocycles. The van der Waals surface area contributed by atoms with Gasteiger partial charge in [0.1, 0.15) is 12.4 Å². The summed E-state index contributed by atoms with van der Waals surface area (Å²) in [4.78, 5) is 4.52. The van der Waals surface area contributed by atoms with Crippen LogP contribution < -0.4 is 10.5 Å². The van der Waals surface area contributed by atoms with Crippen molar-refractivity contribution in [3.8, 4) is 5.75 Å². The Bertz CT molecular complexity index is 798. The zero-order chi connectivity index (χ0) is 17.3. The van der Waals surface area contributed by atoms with Gasteiger partial charge in [-0.25, -0.2) is 4.99 Å². The van der Waals surface area contributed by atoms with E-state index in [1.54, 1.807) is 12.1 Å². The van der Waals surface area contributed by atoms with Crippen molar-refractivity contribution in [2.75, 3.05) is 6.61 Å². The molecule has 0 amide bonds. The minimum atomic E-state index is -2.86. The normalized spacial score (nSPS) is 20.0. The first-order valence-electron chi connectivity index (χ1n) is 7.21. The zero-order valence-electron chi connectivity index (χ0n) is 12.8. The highest BCUT2D eigenvalue weighted by molar-refractivity contribution is 9.10. The van der Waals surface area contributed by atoms with Gasteiger partial charge in [0, 0.05) is 4.47 Å². The topological polar surface area (TPSA) is 56.8 Å². The molecule has 0 bridgehead atoms. The van der Waals surface area contributed by atoms with E-state index in [4.69, 9.17) is 10.5 Å². The van der Waals surface area contributed by atoms with Crippen LogP contribution in [0, 0.1) is 6.92 Å². The number of amidine groups is 1. The van der Waals surface area contributed by atoms with Gasteiger partial charge in [-0.15, -0.1) is 0 Å². The van der Waals surface area contributed by atoms with Crippen molar-refractivity contribution in [2.24, 2.45) is 10.7 Å². The molecule has 2 N–H and O–H groups in total. The van der Waals surface area contributed by atoms with E-state index in [1.165, 1.54) is 6.07 Å². The minimum Gasteiger partial charge on any atom is -0.462 e. The lowest BCUT2D eigenvalue weighted by Crippen LogP contribution is -2.28. The molecule has 1 unspecified atom stereocenters. The Balaban J connectivity index is 2.11. The first-order valence-corrected chi connectivity index (χ1v) is 8.00. The average molecular weight is 397 g/mol. The number of nitrogens with zero attached hydrogens (tertiary/aromatic N) is 1. The molecule has 0 spiro atoms. The third-order valence-corrected chi connectivity index (χ3v) is 4.39. The van der Waals surface area contributed by atoms with Crippen LogP contribution >= 0.6 is 15.9 Å². The molecule has 0 radical (unpaired) electrons. The summed E-state index contributed by atoms with van der Waals surface area (Å²) in [6.45, 7) is -0.805. The molecule has 126 valence electrons. The van der Waals surface area contributed by atoms with Crippen LogP contribution in [0.4, 0.5) is 8.78 Å². The fourth-order valence-corrected chi connectivity index (χ4v) is 3.29. The lowest BCUT2D eigenvalue weighted by atomic mass is 9.82. The van der Waals surface area contributed by atoms with Gasteiger partial charge in [0.15, 0.2) is 5.54 Å². The molecule has 4 nitrogen and oxygen atoms in total. The molecule has 0 aliphatic carbocycles. The van der Waals surface area contributed by atoms with E-state index in [9.17, 15) is 8.78 Å². The maximum atomic E-state index is 12.4. The summed E-state index contributed by atoms with van der Waals surface area (Å²) < 4.78 is 35.6. The summed E-state index contributed by atoms with van der Waals surface area (Å²) in [5.74, 6) is 0.103. The largest absolute Gasteiger partial charge is 0.462 e. The van der Waals surface area contributed by atoms with E-state index in [0.29, 0.717) is 0 Å². The van der Waals surface area contributed by atoms with Crippen molar-refractivity contribution in [3.63, 3.8) is 0 Å². The van der Waals surface area contributed by atoms with Crippen LogP contribution in [-0.2, 0) is 10.3 Å². The second-order valence-corrected chi connectivity index (χ2v) is 6.38. The van der Waals surface area contributed by atoms with Crippen LogP contribution in [0.15, 0.2) is 51.9 Å². The van der Waals surface area contributed by atoms with Gasteiger partial charge in [0.2, 0.25) is 0 Å². The van der Waals surface area contributed by atoms with Crippen LogP contribution in [0.1, 0.15) is 16.7 Å². The second kappa shape index (κ2) is 6.39. The Kier molecular flexibility index (Phi) is 4.45. The molecular weight excluding hydrogens is 382 g/mol. The molecule has 0 fully saturated rings. The average Bonchev–Trinajstić information content (AvgIpc) is 2.90. The standard InChI is InChI=1S/C17H15BrF2N2O2/c1-10-7-13(24-15(19)20)5-6-14(10)17(9-23-16(21)22-17)11-3-2-4-12(18)8-11/h2-8,15H,9H2,1H3,(H2,21,22). The number of alkyl halides is 2. The summed E-state index contributed by atoms with van der Waals surface area (Å²) in [5, 5.41) is 0. The molecule has 1 heterocycles. The Morgan fingerprint density at radius 3 is 2.67 bits per heavy atom. The van der Waals surface area contributed by atoms with Gasteiger partial charge in [-0.2, -0.15) is 8.78 Å². The maximum Gasteiger partial charge on any atom is 0.387 e. The van der Waals surface area contributed by atoms with Crippen molar-refractivity contribution < 1.29 is 18.3 Å². The summed E-state index contributed by atoms with van der Waals surface area (Å²) in [7, 11) is 0. The summed E-state index contributed by atoms with van der Waals surface area (Å²) in [6, 6.07) is 12.6. The molecule has 0 saturated heterocycles. The quantitative estimate of drug-likeness (QED) is 0.850. The number of aryl methyl sites for hydroxylation is 1. The highest BCUT2D eigenvalue weighted by Gasteiger charge is 2.41.